The second kappa shape index (κ2) is 6.53. The Kier molecular flexibility index (Phi) is 4.97. The molecule has 1 heterocycles. The van der Waals surface area contributed by atoms with E-state index in [-0.39, 0.29) is 0 Å². The van der Waals surface area contributed by atoms with Crippen LogP contribution in [0.5, 0.6) is 0 Å². The molecule has 20 heavy (non-hydrogen) atoms. The molecule has 0 saturated heterocycles. The molecule has 2 nitrogen and oxygen atoms in total. The van der Waals surface area contributed by atoms with E-state index >= 15 is 0 Å². The summed E-state index contributed by atoms with van der Waals surface area (Å²) in [4.78, 5) is 14.9. The van der Waals surface area contributed by atoms with Gasteiger partial charge in [-0.3, -0.25) is 4.90 Å². The first-order valence-corrected chi connectivity index (χ1v) is 7.67. The lowest BCUT2D eigenvalue weighted by Gasteiger charge is -2.29. The van der Waals surface area contributed by atoms with Crippen LogP contribution < -0.4 is 0 Å². The Morgan fingerprint density at radius 1 is 1.25 bits per heavy atom. The first-order chi connectivity index (χ1) is 9.53. The lowest BCUT2D eigenvalue weighted by molar-refractivity contribution is -0.112. The fourth-order valence-electron chi connectivity index (χ4n) is 2.33. The fraction of sp³-hybridized carbons (Fsp3) is 0.312. The number of likely N-dealkylation sites (N-methyl/N-ethyl adjacent to an activating group) is 1. The molecule has 1 aromatic heterocycles. The van der Waals surface area contributed by atoms with Gasteiger partial charge >= 0.3 is 0 Å². The van der Waals surface area contributed by atoms with Crippen LogP contribution in [0.1, 0.15) is 17.4 Å². The first-order valence-electron chi connectivity index (χ1n) is 6.48. The molecule has 2 aromatic rings. The third-order valence-corrected chi connectivity index (χ3v) is 4.56. The quantitative estimate of drug-likeness (QED) is 0.752. The molecule has 0 saturated carbocycles. The topological polar surface area (TPSA) is 20.3 Å². The Bertz CT molecular complexity index is 569. The van der Waals surface area contributed by atoms with Crippen LogP contribution in [-0.2, 0) is 16.8 Å². The molecule has 1 atom stereocenters. The Morgan fingerprint density at radius 3 is 2.50 bits per heavy atom. The highest BCUT2D eigenvalue weighted by Crippen LogP contribution is 2.25. The Balaban J connectivity index is 2.08. The molecule has 4 heteroatoms. The van der Waals surface area contributed by atoms with E-state index in [2.05, 4.69) is 4.90 Å². The molecular formula is C16H18ClNOS. The van der Waals surface area contributed by atoms with E-state index < -0.39 is 5.41 Å². The predicted molar refractivity (Wildman–Crippen MR) is 85.5 cm³/mol. The molecule has 0 bridgehead atoms. The van der Waals surface area contributed by atoms with Crippen molar-refractivity contribution in [3.8, 4) is 0 Å². The summed E-state index contributed by atoms with van der Waals surface area (Å²) < 4.78 is 0.801. The highest BCUT2D eigenvalue weighted by Gasteiger charge is 2.27. The molecule has 0 fully saturated rings. The van der Waals surface area contributed by atoms with E-state index in [0.717, 1.165) is 22.7 Å². The van der Waals surface area contributed by atoms with Gasteiger partial charge < -0.3 is 4.79 Å². The lowest BCUT2D eigenvalue weighted by Crippen LogP contribution is -2.37. The maximum atomic E-state index is 11.6. The van der Waals surface area contributed by atoms with Gasteiger partial charge in [0, 0.05) is 18.0 Å². The zero-order chi connectivity index (χ0) is 14.6. The number of hydrogen-bond acceptors (Lipinski definition) is 3. The number of rotatable bonds is 6. The van der Waals surface area contributed by atoms with Gasteiger partial charge in [-0.05, 0) is 31.7 Å². The maximum Gasteiger partial charge on any atom is 0.131 e. The van der Waals surface area contributed by atoms with E-state index in [0.29, 0.717) is 6.54 Å². The van der Waals surface area contributed by atoms with Gasteiger partial charge in [0.2, 0.25) is 0 Å². The van der Waals surface area contributed by atoms with Crippen molar-refractivity contribution in [2.24, 2.45) is 0 Å². The van der Waals surface area contributed by atoms with Crippen molar-refractivity contribution in [2.45, 2.75) is 18.9 Å². The average molecular weight is 308 g/mol. The molecule has 0 amide bonds. The van der Waals surface area contributed by atoms with E-state index in [9.17, 15) is 4.79 Å². The predicted octanol–water partition coefficient (Wildman–Crippen LogP) is 3.99. The van der Waals surface area contributed by atoms with Gasteiger partial charge in [0.25, 0.3) is 0 Å². The lowest BCUT2D eigenvalue weighted by atomic mass is 9.83. The largest absolute Gasteiger partial charge is 0.302 e. The van der Waals surface area contributed by atoms with Gasteiger partial charge in [0.1, 0.15) is 6.29 Å². The monoisotopic (exact) mass is 307 g/mol. The minimum absolute atomic E-state index is 0.489. The molecule has 0 radical (unpaired) electrons. The van der Waals surface area contributed by atoms with Crippen molar-refractivity contribution in [3.63, 3.8) is 0 Å². The number of aldehydes is 1. The highest BCUT2D eigenvalue weighted by atomic mass is 35.5. The number of nitrogens with zero attached hydrogens (tertiary/aromatic N) is 1. The van der Waals surface area contributed by atoms with Crippen LogP contribution in [-0.4, -0.2) is 24.8 Å². The molecule has 0 aliphatic carbocycles. The summed E-state index contributed by atoms with van der Waals surface area (Å²) in [7, 11) is 2.03. The van der Waals surface area contributed by atoms with E-state index in [1.54, 1.807) is 11.3 Å². The van der Waals surface area contributed by atoms with Gasteiger partial charge in [-0.25, -0.2) is 0 Å². The van der Waals surface area contributed by atoms with Gasteiger partial charge in [-0.2, -0.15) is 0 Å². The molecule has 1 aromatic carbocycles. The summed E-state index contributed by atoms with van der Waals surface area (Å²) in [5, 5.41) is 0. The molecular weight excluding hydrogens is 290 g/mol. The van der Waals surface area contributed by atoms with Crippen LogP contribution in [0.15, 0.2) is 42.5 Å². The number of hydrogen-bond donors (Lipinski definition) is 0. The van der Waals surface area contributed by atoms with Crippen LogP contribution in [0.4, 0.5) is 0 Å². The van der Waals surface area contributed by atoms with Crippen molar-refractivity contribution in [2.75, 3.05) is 13.6 Å². The van der Waals surface area contributed by atoms with Crippen LogP contribution in [0, 0.1) is 0 Å². The van der Waals surface area contributed by atoms with Crippen molar-refractivity contribution in [1.29, 1.82) is 0 Å². The van der Waals surface area contributed by atoms with Crippen molar-refractivity contribution < 1.29 is 4.79 Å². The number of thiophene rings is 1. The van der Waals surface area contributed by atoms with Gasteiger partial charge in [-0.15, -0.1) is 11.3 Å². The molecule has 0 spiro atoms. The van der Waals surface area contributed by atoms with Gasteiger partial charge in [0.15, 0.2) is 0 Å². The molecule has 0 aliphatic rings. The smallest absolute Gasteiger partial charge is 0.131 e. The molecule has 0 N–H and O–H groups in total. The Labute approximate surface area is 129 Å². The second-order valence-corrected chi connectivity index (χ2v) is 7.08. The number of carbonyl (C=O) groups excluding carboxylic acids is 1. The zero-order valence-electron chi connectivity index (χ0n) is 11.7. The maximum absolute atomic E-state index is 11.6. The van der Waals surface area contributed by atoms with Gasteiger partial charge in [0.05, 0.1) is 9.75 Å². The first kappa shape index (κ1) is 15.2. The summed E-state index contributed by atoms with van der Waals surface area (Å²) in [5.41, 5.74) is 0.558. The summed E-state index contributed by atoms with van der Waals surface area (Å²) in [6, 6.07) is 13.8. The molecule has 2 rings (SSSR count). The van der Waals surface area contributed by atoms with E-state index in [4.69, 9.17) is 11.6 Å². The SMILES string of the molecule is CN(Cc1ccc(Cl)s1)CC(C)(C=O)c1ccccc1. The average Bonchev–Trinajstić information content (AvgIpc) is 2.84. The Hall–Kier alpha value is -1.16. The highest BCUT2D eigenvalue weighted by molar-refractivity contribution is 7.16. The van der Waals surface area contributed by atoms with E-state index in [1.807, 2.05) is 56.4 Å². The zero-order valence-corrected chi connectivity index (χ0v) is 13.2. The van der Waals surface area contributed by atoms with Crippen LogP contribution in [0.2, 0.25) is 4.34 Å². The summed E-state index contributed by atoms with van der Waals surface area (Å²) >= 11 is 7.52. The normalized spacial score (nSPS) is 14.2. The molecule has 1 unspecified atom stereocenters. The van der Waals surface area contributed by atoms with Crippen molar-refractivity contribution in [3.05, 3.63) is 57.2 Å². The number of halogens is 1. The fourth-order valence-corrected chi connectivity index (χ4v) is 3.50. The summed E-state index contributed by atoms with van der Waals surface area (Å²) in [6.45, 7) is 3.46. The Morgan fingerprint density at radius 2 is 1.95 bits per heavy atom. The van der Waals surface area contributed by atoms with Crippen LogP contribution in [0.25, 0.3) is 0 Å². The van der Waals surface area contributed by atoms with Crippen molar-refractivity contribution in [1.82, 2.24) is 4.90 Å². The third-order valence-electron chi connectivity index (χ3n) is 3.35. The van der Waals surface area contributed by atoms with Crippen LogP contribution in [0.3, 0.4) is 0 Å². The number of benzene rings is 1. The van der Waals surface area contributed by atoms with Gasteiger partial charge in [-0.1, -0.05) is 41.9 Å². The summed E-state index contributed by atoms with van der Waals surface area (Å²) in [5.74, 6) is 0. The molecule has 0 aliphatic heterocycles. The van der Waals surface area contributed by atoms with E-state index in [1.165, 1.54) is 4.88 Å². The van der Waals surface area contributed by atoms with Crippen LogP contribution >= 0.6 is 22.9 Å². The standard InChI is InChI=1S/C16H18ClNOS/c1-16(12-19,13-6-4-3-5-7-13)11-18(2)10-14-8-9-15(17)20-14/h3-9,12H,10-11H2,1-2H3. The third kappa shape index (κ3) is 3.69. The second-order valence-electron chi connectivity index (χ2n) is 5.28. The molecule has 106 valence electrons. The summed E-state index contributed by atoms with van der Waals surface area (Å²) in [6.07, 6.45) is 1.04. The minimum Gasteiger partial charge on any atom is -0.302 e. The number of carbonyl (C=O) groups is 1. The van der Waals surface area contributed by atoms with Crippen molar-refractivity contribution >= 4 is 29.2 Å². The minimum atomic E-state index is -0.489.